The molecule has 1 aromatic carbocycles. The summed E-state index contributed by atoms with van der Waals surface area (Å²) in [6.45, 7) is 0. The lowest BCUT2D eigenvalue weighted by Crippen LogP contribution is -1.81. The Bertz CT molecular complexity index is 408. The lowest BCUT2D eigenvalue weighted by molar-refractivity contribution is 0.453. The highest BCUT2D eigenvalue weighted by atomic mass is 32.2. The number of hydrogen-bond donors (Lipinski definition) is 1. The molecule has 0 aliphatic heterocycles. The van der Waals surface area contributed by atoms with E-state index in [4.69, 9.17) is 0 Å². The van der Waals surface area contributed by atoms with Gasteiger partial charge < -0.3 is 5.11 Å². The fraction of sp³-hybridized carbons (Fsp3) is 0.111. The second kappa shape index (κ2) is 2.75. The Kier molecular flexibility index (Phi) is 1.73. The molecule has 2 rings (SSSR count). The molecular formula is C9H9NOS. The maximum Gasteiger partial charge on any atom is 0.202 e. The van der Waals surface area contributed by atoms with Crippen molar-refractivity contribution < 1.29 is 5.11 Å². The number of fused-ring (bicyclic) bond motifs is 1. The van der Waals surface area contributed by atoms with Crippen LogP contribution >= 0.6 is 11.9 Å². The van der Waals surface area contributed by atoms with Crippen LogP contribution in [-0.2, 0) is 0 Å². The molecule has 0 fully saturated rings. The smallest absolute Gasteiger partial charge is 0.202 e. The summed E-state index contributed by atoms with van der Waals surface area (Å²) in [4.78, 5) is 0. The van der Waals surface area contributed by atoms with Gasteiger partial charge in [-0.1, -0.05) is 18.2 Å². The molecule has 0 aliphatic rings. The van der Waals surface area contributed by atoms with Gasteiger partial charge >= 0.3 is 0 Å². The van der Waals surface area contributed by atoms with Crippen LogP contribution in [0, 0.1) is 0 Å². The van der Waals surface area contributed by atoms with Crippen LogP contribution in [0.25, 0.3) is 10.9 Å². The third-order valence-corrected chi connectivity index (χ3v) is 2.58. The first-order valence-electron chi connectivity index (χ1n) is 3.67. The molecule has 12 heavy (non-hydrogen) atoms. The molecule has 1 N–H and O–H groups in total. The first kappa shape index (κ1) is 7.55. The summed E-state index contributed by atoms with van der Waals surface area (Å²) in [5, 5.41) is 10.6. The lowest BCUT2D eigenvalue weighted by atomic mass is 10.3. The first-order chi connectivity index (χ1) is 5.83. The number of nitrogens with zero attached hydrogens (tertiary/aromatic N) is 1. The summed E-state index contributed by atoms with van der Waals surface area (Å²) < 4.78 is 1.80. The highest BCUT2D eigenvalue weighted by Crippen LogP contribution is 2.27. The van der Waals surface area contributed by atoms with Gasteiger partial charge in [-0.2, -0.15) is 0 Å². The molecule has 1 heterocycles. The van der Waals surface area contributed by atoms with Gasteiger partial charge in [0, 0.05) is 17.7 Å². The second-order valence-corrected chi connectivity index (χ2v) is 3.27. The SMILES string of the molecule is CSn1c(O)cc2ccccc21. The molecule has 1 aromatic heterocycles. The summed E-state index contributed by atoms with van der Waals surface area (Å²) in [7, 11) is 0. The summed E-state index contributed by atoms with van der Waals surface area (Å²) in [6, 6.07) is 9.68. The predicted molar refractivity (Wildman–Crippen MR) is 52.5 cm³/mol. The lowest BCUT2D eigenvalue weighted by Gasteiger charge is -1.99. The molecule has 0 amide bonds. The van der Waals surface area contributed by atoms with Crippen molar-refractivity contribution in [3.05, 3.63) is 30.3 Å². The molecule has 0 bridgehead atoms. The van der Waals surface area contributed by atoms with E-state index >= 15 is 0 Å². The van der Waals surface area contributed by atoms with Gasteiger partial charge in [-0.15, -0.1) is 0 Å². The first-order valence-corrected chi connectivity index (χ1v) is 4.85. The van der Waals surface area contributed by atoms with Gasteiger partial charge in [0.15, 0.2) is 0 Å². The van der Waals surface area contributed by atoms with E-state index in [-0.39, 0.29) is 0 Å². The van der Waals surface area contributed by atoms with E-state index < -0.39 is 0 Å². The zero-order chi connectivity index (χ0) is 8.55. The highest BCUT2D eigenvalue weighted by molar-refractivity contribution is 7.97. The number of aromatic hydroxyl groups is 1. The molecule has 0 atom stereocenters. The third-order valence-electron chi connectivity index (χ3n) is 1.83. The molecule has 0 spiro atoms. The fourth-order valence-electron chi connectivity index (χ4n) is 1.31. The molecule has 0 saturated carbocycles. The van der Waals surface area contributed by atoms with Crippen molar-refractivity contribution in [2.45, 2.75) is 0 Å². The number of benzene rings is 1. The summed E-state index contributed by atoms with van der Waals surface area (Å²) in [5.41, 5.74) is 1.06. The molecule has 2 aromatic rings. The van der Waals surface area contributed by atoms with Gasteiger partial charge in [0.05, 0.1) is 5.52 Å². The van der Waals surface area contributed by atoms with Gasteiger partial charge in [0.1, 0.15) is 0 Å². The molecule has 0 aliphatic carbocycles. The van der Waals surface area contributed by atoms with Crippen LogP contribution in [0.5, 0.6) is 5.88 Å². The average molecular weight is 179 g/mol. The maximum absolute atomic E-state index is 9.48. The Morgan fingerprint density at radius 2 is 2.08 bits per heavy atom. The van der Waals surface area contributed by atoms with Crippen molar-refractivity contribution in [2.24, 2.45) is 0 Å². The van der Waals surface area contributed by atoms with Crippen LogP contribution in [-0.4, -0.2) is 15.3 Å². The Labute approximate surface area is 74.9 Å². The fourth-order valence-corrected chi connectivity index (χ4v) is 1.91. The topological polar surface area (TPSA) is 25.2 Å². The largest absolute Gasteiger partial charge is 0.494 e. The van der Waals surface area contributed by atoms with Crippen LogP contribution in [0.2, 0.25) is 0 Å². The van der Waals surface area contributed by atoms with Crippen molar-refractivity contribution >= 4 is 22.9 Å². The molecule has 0 saturated heterocycles. The van der Waals surface area contributed by atoms with Crippen LogP contribution in [0.4, 0.5) is 0 Å². The minimum Gasteiger partial charge on any atom is -0.494 e. The molecule has 3 heteroatoms. The molecule has 2 nitrogen and oxygen atoms in total. The Morgan fingerprint density at radius 3 is 2.83 bits per heavy atom. The van der Waals surface area contributed by atoms with Gasteiger partial charge in [-0.05, 0) is 18.0 Å². The van der Waals surface area contributed by atoms with Gasteiger partial charge in [-0.25, -0.2) is 0 Å². The van der Waals surface area contributed by atoms with E-state index in [2.05, 4.69) is 0 Å². The number of hydrogen-bond acceptors (Lipinski definition) is 2. The van der Waals surface area contributed by atoms with Gasteiger partial charge in [-0.3, -0.25) is 3.97 Å². The third kappa shape index (κ3) is 0.975. The van der Waals surface area contributed by atoms with Crippen molar-refractivity contribution in [3.8, 4) is 5.88 Å². The number of rotatable bonds is 1. The number of aromatic nitrogens is 1. The van der Waals surface area contributed by atoms with E-state index in [9.17, 15) is 5.11 Å². The summed E-state index contributed by atoms with van der Waals surface area (Å²) in [6.07, 6.45) is 1.94. The minimum atomic E-state index is 0.309. The van der Waals surface area contributed by atoms with E-state index in [1.807, 2.05) is 30.5 Å². The van der Waals surface area contributed by atoms with E-state index in [0.717, 1.165) is 10.9 Å². The van der Waals surface area contributed by atoms with Crippen LogP contribution in [0.1, 0.15) is 0 Å². The average Bonchev–Trinajstić information content (AvgIpc) is 2.40. The Morgan fingerprint density at radius 1 is 1.33 bits per heavy atom. The number of para-hydroxylation sites is 1. The molecule has 0 unspecified atom stereocenters. The molecular weight excluding hydrogens is 170 g/mol. The standard InChI is InChI=1S/C9H9NOS/c1-12-10-8-5-3-2-4-7(8)6-9(10)11/h2-6,11H,1H3. The highest BCUT2D eigenvalue weighted by Gasteiger charge is 2.04. The van der Waals surface area contributed by atoms with Crippen LogP contribution in [0.15, 0.2) is 30.3 Å². The van der Waals surface area contributed by atoms with Gasteiger partial charge in [0.25, 0.3) is 0 Å². The van der Waals surface area contributed by atoms with Crippen molar-refractivity contribution in [3.63, 3.8) is 0 Å². The quantitative estimate of drug-likeness (QED) is 0.727. The van der Waals surface area contributed by atoms with Crippen molar-refractivity contribution in [1.29, 1.82) is 0 Å². The summed E-state index contributed by atoms with van der Waals surface area (Å²) >= 11 is 1.50. The van der Waals surface area contributed by atoms with E-state index in [1.165, 1.54) is 11.9 Å². The van der Waals surface area contributed by atoms with Crippen LogP contribution in [0.3, 0.4) is 0 Å². The summed E-state index contributed by atoms with van der Waals surface area (Å²) in [5.74, 6) is 0.309. The maximum atomic E-state index is 9.48. The second-order valence-electron chi connectivity index (χ2n) is 2.54. The zero-order valence-corrected chi connectivity index (χ0v) is 7.51. The van der Waals surface area contributed by atoms with E-state index in [0.29, 0.717) is 5.88 Å². The van der Waals surface area contributed by atoms with Crippen molar-refractivity contribution in [1.82, 2.24) is 3.97 Å². The predicted octanol–water partition coefficient (Wildman–Crippen LogP) is 2.47. The normalized spacial score (nSPS) is 10.8. The Hall–Kier alpha value is -1.09. The van der Waals surface area contributed by atoms with Crippen molar-refractivity contribution in [2.75, 3.05) is 6.26 Å². The van der Waals surface area contributed by atoms with Crippen LogP contribution < -0.4 is 0 Å². The molecule has 0 radical (unpaired) electrons. The minimum absolute atomic E-state index is 0.309. The molecule has 62 valence electrons. The van der Waals surface area contributed by atoms with E-state index in [1.54, 1.807) is 10.0 Å². The zero-order valence-electron chi connectivity index (χ0n) is 6.69. The van der Waals surface area contributed by atoms with Gasteiger partial charge in [0.2, 0.25) is 5.88 Å². The Balaban J connectivity index is 2.81. The monoisotopic (exact) mass is 179 g/mol.